The molecule has 0 amide bonds. The van der Waals surface area contributed by atoms with Gasteiger partial charge in [0.05, 0.1) is 47.7 Å². The molecule has 0 saturated carbocycles. The Kier molecular flexibility index (Phi) is 14.5. The summed E-state index contributed by atoms with van der Waals surface area (Å²) in [4.78, 5) is 0. The summed E-state index contributed by atoms with van der Waals surface area (Å²) in [6.45, 7) is 10.4. The smallest absolute Gasteiger partial charge is 0.127 e. The molecule has 9 heteroatoms. The van der Waals surface area contributed by atoms with Crippen molar-refractivity contribution in [3.05, 3.63) is 121 Å². The summed E-state index contributed by atoms with van der Waals surface area (Å²) in [5, 5.41) is 20.3. The van der Waals surface area contributed by atoms with E-state index in [0.717, 1.165) is 104 Å². The lowest BCUT2D eigenvalue weighted by atomic mass is 9.97. The summed E-state index contributed by atoms with van der Waals surface area (Å²) in [6.07, 6.45) is 9.58. The molecule has 2 atom stereocenters. The Morgan fingerprint density at radius 1 is 0.508 bits per heavy atom. The second kappa shape index (κ2) is 20.8. The van der Waals surface area contributed by atoms with E-state index in [1.165, 1.54) is 50.3 Å². The highest BCUT2D eigenvalue weighted by molar-refractivity contribution is 7.00. The van der Waals surface area contributed by atoms with Crippen LogP contribution < -0.4 is 9.47 Å². The quantitative estimate of drug-likeness (QED) is 0.0717. The van der Waals surface area contributed by atoms with Crippen molar-refractivity contribution in [2.45, 2.75) is 79.1 Å². The van der Waals surface area contributed by atoms with Gasteiger partial charge in [-0.05, 0) is 96.5 Å². The third-order valence-electron chi connectivity index (χ3n) is 11.1. The Morgan fingerprint density at radius 2 is 1.00 bits per heavy atom. The van der Waals surface area contributed by atoms with Crippen LogP contribution in [0, 0.1) is 11.8 Å². The first kappa shape index (κ1) is 41.4. The van der Waals surface area contributed by atoms with Crippen molar-refractivity contribution in [3.63, 3.8) is 0 Å². The minimum absolute atomic E-state index is 0.564. The highest BCUT2D eigenvalue weighted by atomic mass is 32.1. The monoisotopic (exact) mass is 802 g/mol. The number of benzene rings is 6. The maximum Gasteiger partial charge on any atom is 0.127 e. The van der Waals surface area contributed by atoms with Gasteiger partial charge < -0.3 is 9.47 Å². The van der Waals surface area contributed by atoms with Crippen molar-refractivity contribution in [1.29, 1.82) is 0 Å². The molecular weight excluding hydrogens is 749 g/mol. The number of nitrogens with zero attached hydrogens (tertiary/aromatic N) is 6. The van der Waals surface area contributed by atoms with Crippen LogP contribution in [0.25, 0.3) is 44.1 Å². The molecule has 0 N–H and O–H groups in total. The topological polar surface area (TPSA) is 93.7 Å². The molecule has 0 aliphatic carbocycles. The number of rotatable bonds is 20. The van der Waals surface area contributed by atoms with E-state index in [2.05, 4.69) is 96.7 Å². The molecule has 6 aromatic carbocycles. The van der Waals surface area contributed by atoms with Crippen molar-refractivity contribution in [3.8, 4) is 33.8 Å². The van der Waals surface area contributed by atoms with Gasteiger partial charge in [0.15, 0.2) is 0 Å². The van der Waals surface area contributed by atoms with Crippen LogP contribution in [0.1, 0.15) is 79.1 Å². The average Bonchev–Trinajstić information content (AvgIpc) is 3.79. The molecule has 7 aromatic rings. The summed E-state index contributed by atoms with van der Waals surface area (Å²) < 4.78 is 21.8. The zero-order chi connectivity index (χ0) is 40.8. The fourth-order valence-corrected chi connectivity index (χ4v) is 7.84. The first-order valence-electron chi connectivity index (χ1n) is 21.2. The van der Waals surface area contributed by atoms with Crippen LogP contribution in [-0.2, 0) is 0 Å². The molecule has 0 spiro atoms. The van der Waals surface area contributed by atoms with E-state index in [1.807, 2.05) is 72.8 Å². The lowest BCUT2D eigenvalue weighted by Crippen LogP contribution is -2.11. The third kappa shape index (κ3) is 10.6. The number of hydrogen-bond donors (Lipinski definition) is 0. The van der Waals surface area contributed by atoms with Gasteiger partial charge in [0.25, 0.3) is 0 Å². The first-order valence-corrected chi connectivity index (χ1v) is 22.0. The van der Waals surface area contributed by atoms with E-state index in [4.69, 9.17) is 18.2 Å². The fraction of sp³-hybridized carbons (Fsp3) is 0.320. The highest BCUT2D eigenvalue weighted by Gasteiger charge is 2.15. The van der Waals surface area contributed by atoms with Crippen molar-refractivity contribution >= 4 is 56.3 Å². The molecule has 0 radical (unpaired) electrons. The minimum Gasteiger partial charge on any atom is -0.493 e. The number of aromatic nitrogens is 2. The number of unbranched alkanes of at least 4 members (excludes halogenated alkanes) is 2. The number of ether oxygens (including phenoxy) is 2. The molecule has 7 rings (SSSR count). The summed E-state index contributed by atoms with van der Waals surface area (Å²) in [5.41, 5.74) is 8.99. The van der Waals surface area contributed by atoms with Gasteiger partial charge in [-0.25, -0.2) is 0 Å². The largest absolute Gasteiger partial charge is 0.493 e. The van der Waals surface area contributed by atoms with Gasteiger partial charge in [0.1, 0.15) is 22.5 Å². The van der Waals surface area contributed by atoms with Crippen LogP contribution in [0.15, 0.2) is 142 Å². The SMILES string of the molecule is CCCCC(CC)COc1ccc(N=Nc2ccc(-c3ccc(-c4ccc(N=Nc5ccc(OCC(CC)CCCC)c6ccccc56)cc4)c4nsnc34)cc2)cc1. The molecule has 0 bridgehead atoms. The molecule has 8 nitrogen and oxygen atoms in total. The Morgan fingerprint density at radius 3 is 1.53 bits per heavy atom. The normalized spacial score (nSPS) is 12.8. The van der Waals surface area contributed by atoms with Gasteiger partial charge in [-0.2, -0.15) is 24.1 Å². The summed E-state index contributed by atoms with van der Waals surface area (Å²) in [6, 6.07) is 40.5. The van der Waals surface area contributed by atoms with E-state index < -0.39 is 0 Å². The molecule has 1 aromatic heterocycles. The highest BCUT2D eigenvalue weighted by Crippen LogP contribution is 2.38. The predicted octanol–water partition coefficient (Wildman–Crippen LogP) is 16.2. The Labute approximate surface area is 352 Å². The van der Waals surface area contributed by atoms with Gasteiger partial charge in [0.2, 0.25) is 0 Å². The molecule has 0 fully saturated rings. The van der Waals surface area contributed by atoms with Crippen molar-refractivity contribution in [2.75, 3.05) is 13.2 Å². The Hall–Kier alpha value is -5.80. The molecule has 59 heavy (non-hydrogen) atoms. The standard InChI is InChI=1S/C50H54N6O2S/c1-5-9-13-35(7-3)33-57-42-27-25-41(26-28-42)52-51-39-21-17-37(18-22-39)43-29-30-44(50-49(43)55-59-56-50)38-19-23-40(24-20-38)53-54-47-31-32-48(46-16-12-11-15-45(46)47)58-34-36(8-4)14-10-6-2/h11-12,15-32,35-36H,5-10,13-14,33-34H2,1-4H3. The second-order valence-electron chi connectivity index (χ2n) is 15.2. The zero-order valence-electron chi connectivity index (χ0n) is 34.7. The second-order valence-corrected chi connectivity index (χ2v) is 15.7. The van der Waals surface area contributed by atoms with E-state index in [-0.39, 0.29) is 0 Å². The van der Waals surface area contributed by atoms with E-state index >= 15 is 0 Å². The molecule has 1 heterocycles. The van der Waals surface area contributed by atoms with E-state index in [0.29, 0.717) is 11.8 Å². The fourth-order valence-electron chi connectivity index (χ4n) is 7.27. The van der Waals surface area contributed by atoms with Crippen LogP contribution >= 0.6 is 11.7 Å². The summed E-state index contributed by atoms with van der Waals surface area (Å²) >= 11 is 1.22. The predicted molar refractivity (Wildman–Crippen MR) is 245 cm³/mol. The number of azo groups is 2. The number of fused-ring (bicyclic) bond motifs is 2. The van der Waals surface area contributed by atoms with E-state index in [1.54, 1.807) is 0 Å². The first-order chi connectivity index (χ1) is 29.1. The molecule has 0 saturated heterocycles. The van der Waals surface area contributed by atoms with Crippen LogP contribution in [0.2, 0.25) is 0 Å². The molecule has 302 valence electrons. The van der Waals surface area contributed by atoms with Crippen LogP contribution in [0.5, 0.6) is 11.5 Å². The van der Waals surface area contributed by atoms with Crippen LogP contribution in [0.3, 0.4) is 0 Å². The third-order valence-corrected chi connectivity index (χ3v) is 11.6. The average molecular weight is 803 g/mol. The molecule has 0 aliphatic rings. The van der Waals surface area contributed by atoms with Gasteiger partial charge in [-0.1, -0.05) is 127 Å². The lowest BCUT2D eigenvalue weighted by Gasteiger charge is -2.17. The van der Waals surface area contributed by atoms with Crippen molar-refractivity contribution < 1.29 is 9.47 Å². The van der Waals surface area contributed by atoms with E-state index in [9.17, 15) is 0 Å². The van der Waals surface area contributed by atoms with Crippen molar-refractivity contribution in [2.24, 2.45) is 32.3 Å². The molecular formula is C50H54N6O2S. The number of hydrogen-bond acceptors (Lipinski definition) is 9. The minimum atomic E-state index is 0.564. The molecule has 2 unspecified atom stereocenters. The summed E-state index contributed by atoms with van der Waals surface area (Å²) in [7, 11) is 0. The lowest BCUT2D eigenvalue weighted by molar-refractivity contribution is 0.233. The Bertz CT molecular complexity index is 2460. The Balaban J connectivity index is 0.998. The zero-order valence-corrected chi connectivity index (χ0v) is 35.5. The maximum atomic E-state index is 6.36. The summed E-state index contributed by atoms with van der Waals surface area (Å²) in [5.74, 6) is 2.92. The van der Waals surface area contributed by atoms with Crippen LogP contribution in [-0.4, -0.2) is 22.0 Å². The van der Waals surface area contributed by atoms with Gasteiger partial charge >= 0.3 is 0 Å². The molecule has 0 aliphatic heterocycles. The maximum absolute atomic E-state index is 6.36. The van der Waals surface area contributed by atoms with Crippen molar-refractivity contribution in [1.82, 2.24) is 8.75 Å². The van der Waals surface area contributed by atoms with Gasteiger partial charge in [-0.15, -0.1) is 5.11 Å². The van der Waals surface area contributed by atoms with Gasteiger partial charge in [-0.3, -0.25) is 0 Å². The van der Waals surface area contributed by atoms with Crippen LogP contribution in [0.4, 0.5) is 22.7 Å². The van der Waals surface area contributed by atoms with Gasteiger partial charge in [0, 0.05) is 21.9 Å².